The van der Waals surface area contributed by atoms with E-state index in [1.807, 2.05) is 0 Å². The summed E-state index contributed by atoms with van der Waals surface area (Å²) < 4.78 is 26.8. The molecule has 1 amide bonds. The summed E-state index contributed by atoms with van der Waals surface area (Å²) in [5.41, 5.74) is 0.621. The van der Waals surface area contributed by atoms with Crippen LogP contribution >= 0.6 is 0 Å². The maximum absolute atomic E-state index is 12.1. The number of sulfonamides is 1. The van der Waals surface area contributed by atoms with E-state index < -0.39 is 22.0 Å². The Labute approximate surface area is 175 Å². The van der Waals surface area contributed by atoms with Gasteiger partial charge in [-0.3, -0.25) is 9.69 Å². The summed E-state index contributed by atoms with van der Waals surface area (Å²) in [6.45, 7) is 4.54. The minimum atomic E-state index is -3.44. The molecule has 1 aromatic carbocycles. The molecule has 11 heteroatoms. The van der Waals surface area contributed by atoms with Gasteiger partial charge in [0.1, 0.15) is 0 Å². The number of carboxylic acid groups (broad SMARTS) is 2. The van der Waals surface area contributed by atoms with Gasteiger partial charge in [0.15, 0.2) is 0 Å². The first-order chi connectivity index (χ1) is 14.1. The smallest absolute Gasteiger partial charge is 0.414 e. The highest BCUT2D eigenvalue weighted by molar-refractivity contribution is 7.89. The Morgan fingerprint density at radius 1 is 1.00 bits per heavy atom. The summed E-state index contributed by atoms with van der Waals surface area (Å²) in [7, 11) is -3.44. The fraction of sp³-hybridized carbons (Fsp3) is 0.526. The van der Waals surface area contributed by atoms with Crippen LogP contribution in [0.15, 0.2) is 29.2 Å². The number of anilines is 1. The molecular formula is C19H27N3O7S. The first-order valence-corrected chi connectivity index (χ1v) is 11.2. The number of piperidine rings is 1. The van der Waals surface area contributed by atoms with Gasteiger partial charge in [-0.1, -0.05) is 6.92 Å². The van der Waals surface area contributed by atoms with Gasteiger partial charge in [-0.15, -0.1) is 0 Å². The monoisotopic (exact) mass is 441 g/mol. The SMILES string of the molecule is CC1CCN(CC(=O)Nc2ccc(S(=O)(=O)NC3CC3)cc2)CC1.O=C(O)C(=O)O. The third kappa shape index (κ3) is 8.09. The first kappa shape index (κ1) is 23.8. The predicted octanol–water partition coefficient (Wildman–Crippen LogP) is 0.953. The van der Waals surface area contributed by atoms with Crippen molar-refractivity contribution in [3.05, 3.63) is 24.3 Å². The Balaban J connectivity index is 0.000000469. The molecule has 0 radical (unpaired) electrons. The number of benzene rings is 1. The van der Waals surface area contributed by atoms with Crippen LogP contribution in [0.25, 0.3) is 0 Å². The van der Waals surface area contributed by atoms with Crippen molar-refractivity contribution in [2.24, 2.45) is 5.92 Å². The molecule has 1 heterocycles. The average Bonchev–Trinajstić information content (AvgIpc) is 3.48. The lowest BCUT2D eigenvalue weighted by molar-refractivity contribution is -0.159. The van der Waals surface area contributed by atoms with Crippen molar-refractivity contribution in [1.29, 1.82) is 0 Å². The topological polar surface area (TPSA) is 153 Å². The highest BCUT2D eigenvalue weighted by Gasteiger charge is 2.27. The highest BCUT2D eigenvalue weighted by atomic mass is 32.2. The van der Waals surface area contributed by atoms with Crippen molar-refractivity contribution in [2.75, 3.05) is 25.0 Å². The van der Waals surface area contributed by atoms with Crippen LogP contribution in [0.5, 0.6) is 0 Å². The van der Waals surface area contributed by atoms with Crippen LogP contribution in [-0.2, 0) is 24.4 Å². The molecule has 1 saturated carbocycles. The van der Waals surface area contributed by atoms with E-state index in [1.165, 1.54) is 12.1 Å². The van der Waals surface area contributed by atoms with E-state index in [9.17, 15) is 13.2 Å². The van der Waals surface area contributed by atoms with E-state index in [4.69, 9.17) is 19.8 Å². The van der Waals surface area contributed by atoms with E-state index >= 15 is 0 Å². The number of carbonyl (C=O) groups excluding carboxylic acids is 1. The lowest BCUT2D eigenvalue weighted by Crippen LogP contribution is -2.38. The van der Waals surface area contributed by atoms with Crippen LogP contribution in [0.4, 0.5) is 5.69 Å². The maximum Gasteiger partial charge on any atom is 0.414 e. The van der Waals surface area contributed by atoms with E-state index in [2.05, 4.69) is 21.9 Å². The van der Waals surface area contributed by atoms with Crippen LogP contribution in [-0.4, -0.2) is 67.1 Å². The number of rotatable bonds is 6. The molecule has 166 valence electrons. The van der Waals surface area contributed by atoms with Crippen LogP contribution in [0.1, 0.15) is 32.6 Å². The minimum absolute atomic E-state index is 0.0590. The third-order valence-electron chi connectivity index (χ3n) is 4.77. The highest BCUT2D eigenvalue weighted by Crippen LogP contribution is 2.23. The van der Waals surface area contributed by atoms with Crippen molar-refractivity contribution < 1.29 is 33.0 Å². The quantitative estimate of drug-likeness (QED) is 0.476. The molecule has 0 bridgehead atoms. The minimum Gasteiger partial charge on any atom is -0.473 e. The Bertz CT molecular complexity index is 847. The summed E-state index contributed by atoms with van der Waals surface area (Å²) in [4.78, 5) is 32.7. The zero-order chi connectivity index (χ0) is 22.3. The zero-order valence-corrected chi connectivity index (χ0v) is 17.5. The number of hydrogen-bond acceptors (Lipinski definition) is 6. The molecule has 1 aromatic rings. The molecule has 0 atom stereocenters. The molecule has 0 unspecified atom stereocenters. The van der Waals surface area contributed by atoms with Gasteiger partial charge in [0.05, 0.1) is 11.4 Å². The Morgan fingerprint density at radius 2 is 1.53 bits per heavy atom. The molecule has 4 N–H and O–H groups in total. The van der Waals surface area contributed by atoms with Crippen molar-refractivity contribution >= 4 is 33.6 Å². The molecule has 0 aromatic heterocycles. The van der Waals surface area contributed by atoms with E-state index in [-0.39, 0.29) is 16.8 Å². The second-order valence-electron chi connectivity index (χ2n) is 7.54. The van der Waals surface area contributed by atoms with Crippen LogP contribution < -0.4 is 10.0 Å². The van der Waals surface area contributed by atoms with E-state index in [0.717, 1.165) is 44.7 Å². The molecule has 10 nitrogen and oxygen atoms in total. The van der Waals surface area contributed by atoms with Gasteiger partial charge < -0.3 is 15.5 Å². The van der Waals surface area contributed by atoms with Crippen LogP contribution in [0, 0.1) is 5.92 Å². The fourth-order valence-corrected chi connectivity index (χ4v) is 4.13. The number of aliphatic carboxylic acids is 2. The third-order valence-corrected chi connectivity index (χ3v) is 6.31. The van der Waals surface area contributed by atoms with Gasteiger partial charge in [-0.25, -0.2) is 22.7 Å². The number of carbonyl (C=O) groups is 3. The Morgan fingerprint density at radius 3 is 2.00 bits per heavy atom. The molecule has 0 spiro atoms. The van der Waals surface area contributed by atoms with Gasteiger partial charge in [-0.05, 0) is 69.0 Å². The molecule has 2 fully saturated rings. The first-order valence-electron chi connectivity index (χ1n) is 9.67. The van der Waals surface area contributed by atoms with Gasteiger partial charge in [0, 0.05) is 11.7 Å². The molecule has 1 aliphatic heterocycles. The van der Waals surface area contributed by atoms with Gasteiger partial charge in [0.25, 0.3) is 0 Å². The van der Waals surface area contributed by atoms with Crippen LogP contribution in [0.3, 0.4) is 0 Å². The molecule has 1 aliphatic carbocycles. The van der Waals surface area contributed by atoms with Crippen molar-refractivity contribution in [1.82, 2.24) is 9.62 Å². The summed E-state index contributed by atoms with van der Waals surface area (Å²) in [5.74, 6) is -2.97. The van der Waals surface area contributed by atoms with E-state index in [1.54, 1.807) is 12.1 Å². The number of nitrogens with zero attached hydrogens (tertiary/aromatic N) is 1. The van der Waals surface area contributed by atoms with Crippen molar-refractivity contribution in [3.8, 4) is 0 Å². The fourth-order valence-electron chi connectivity index (χ4n) is 2.83. The zero-order valence-electron chi connectivity index (χ0n) is 16.7. The van der Waals surface area contributed by atoms with Gasteiger partial charge in [-0.2, -0.15) is 0 Å². The van der Waals surface area contributed by atoms with Gasteiger partial charge in [0.2, 0.25) is 15.9 Å². The lowest BCUT2D eigenvalue weighted by atomic mass is 9.99. The summed E-state index contributed by atoms with van der Waals surface area (Å²) >= 11 is 0. The number of carboxylic acids is 2. The number of nitrogens with one attached hydrogen (secondary N) is 2. The Kier molecular flexibility index (Phi) is 8.33. The largest absolute Gasteiger partial charge is 0.473 e. The second kappa shape index (κ2) is 10.5. The summed E-state index contributed by atoms with van der Waals surface area (Å²) in [6, 6.07) is 6.42. The normalized spacial score (nSPS) is 17.5. The summed E-state index contributed by atoms with van der Waals surface area (Å²) in [6.07, 6.45) is 4.08. The second-order valence-corrected chi connectivity index (χ2v) is 9.25. The number of amides is 1. The molecule has 2 aliphatic rings. The molecule has 30 heavy (non-hydrogen) atoms. The van der Waals surface area contributed by atoms with E-state index in [0.29, 0.717) is 12.2 Å². The molecule has 1 saturated heterocycles. The molecular weight excluding hydrogens is 414 g/mol. The van der Waals surface area contributed by atoms with Crippen molar-refractivity contribution in [3.63, 3.8) is 0 Å². The molecule has 3 rings (SSSR count). The predicted molar refractivity (Wildman–Crippen MR) is 109 cm³/mol. The number of likely N-dealkylation sites (tertiary alicyclic amines) is 1. The average molecular weight is 442 g/mol. The Hall–Kier alpha value is -2.50. The van der Waals surface area contributed by atoms with Gasteiger partial charge >= 0.3 is 11.9 Å². The maximum atomic E-state index is 12.1. The standard InChI is InChI=1S/C17H25N3O3S.C2H2O4/c1-13-8-10-20(11-9-13)12-17(21)18-14-4-6-16(7-5-14)24(22,23)19-15-2-3-15;3-1(4)2(5)6/h4-7,13,15,19H,2-3,8-12H2,1H3,(H,18,21);(H,3,4)(H,5,6). The lowest BCUT2D eigenvalue weighted by Gasteiger charge is -2.29. The number of hydrogen-bond donors (Lipinski definition) is 4. The van der Waals surface area contributed by atoms with Crippen molar-refractivity contribution in [2.45, 2.75) is 43.5 Å². The summed E-state index contributed by atoms with van der Waals surface area (Å²) in [5, 5.41) is 17.6. The van der Waals surface area contributed by atoms with Crippen LogP contribution in [0.2, 0.25) is 0 Å².